The summed E-state index contributed by atoms with van der Waals surface area (Å²) in [7, 11) is 0. The van der Waals surface area contributed by atoms with Gasteiger partial charge in [0.2, 0.25) is 0 Å². The zero-order valence-corrected chi connectivity index (χ0v) is 9.84. The smallest absolute Gasteiger partial charge is 0.254 e. The van der Waals surface area contributed by atoms with Crippen LogP contribution < -0.4 is 5.73 Å². The summed E-state index contributed by atoms with van der Waals surface area (Å²) in [6.07, 6.45) is 0.745. The van der Waals surface area contributed by atoms with E-state index in [-0.39, 0.29) is 29.9 Å². The van der Waals surface area contributed by atoms with Crippen LogP contribution in [0.2, 0.25) is 0 Å². The molecule has 2 rings (SSSR count). The van der Waals surface area contributed by atoms with Gasteiger partial charge in [0.1, 0.15) is 0 Å². The van der Waals surface area contributed by atoms with Crippen molar-refractivity contribution in [1.82, 2.24) is 4.90 Å². The first-order valence-electron chi connectivity index (χ1n) is 5.08. The minimum Gasteiger partial charge on any atom is -0.337 e. The fraction of sp³-hybridized carbons (Fsp3) is 0.364. The summed E-state index contributed by atoms with van der Waals surface area (Å²) in [5.74, 6) is -2.25. The van der Waals surface area contributed by atoms with Crippen LogP contribution in [0.15, 0.2) is 18.2 Å². The third-order valence-electron chi connectivity index (χ3n) is 2.68. The van der Waals surface area contributed by atoms with E-state index in [4.69, 9.17) is 5.73 Å². The summed E-state index contributed by atoms with van der Waals surface area (Å²) >= 11 is 0. The van der Waals surface area contributed by atoms with E-state index in [2.05, 4.69) is 0 Å². The molecule has 0 aromatic heterocycles. The van der Waals surface area contributed by atoms with Crippen molar-refractivity contribution >= 4 is 18.3 Å². The summed E-state index contributed by atoms with van der Waals surface area (Å²) in [4.78, 5) is 13.4. The molecular formula is C11H13ClF2N2O. The second-order valence-electron chi connectivity index (χ2n) is 3.93. The Kier molecular flexibility index (Phi) is 4.42. The minimum absolute atomic E-state index is 0. The number of amides is 1. The third-order valence-corrected chi connectivity index (χ3v) is 2.68. The molecule has 1 atom stereocenters. The van der Waals surface area contributed by atoms with Gasteiger partial charge in [-0.05, 0) is 24.6 Å². The van der Waals surface area contributed by atoms with Gasteiger partial charge in [0.15, 0.2) is 11.6 Å². The first kappa shape index (κ1) is 13.9. The molecule has 0 saturated carbocycles. The first-order valence-corrected chi connectivity index (χ1v) is 5.08. The Morgan fingerprint density at radius 3 is 2.59 bits per heavy atom. The van der Waals surface area contributed by atoms with Gasteiger partial charge >= 0.3 is 0 Å². The Morgan fingerprint density at radius 2 is 2.06 bits per heavy atom. The maximum Gasteiger partial charge on any atom is 0.254 e. The van der Waals surface area contributed by atoms with Crippen LogP contribution in [0.1, 0.15) is 16.8 Å². The van der Waals surface area contributed by atoms with E-state index in [0.717, 1.165) is 18.6 Å². The van der Waals surface area contributed by atoms with Crippen molar-refractivity contribution in [2.24, 2.45) is 5.73 Å². The molecule has 6 heteroatoms. The molecule has 0 bridgehead atoms. The number of rotatable bonds is 1. The van der Waals surface area contributed by atoms with Crippen molar-refractivity contribution in [3.8, 4) is 0 Å². The molecule has 0 spiro atoms. The van der Waals surface area contributed by atoms with Gasteiger partial charge in [-0.1, -0.05) is 0 Å². The largest absolute Gasteiger partial charge is 0.337 e. The number of halogens is 3. The second-order valence-corrected chi connectivity index (χ2v) is 3.93. The van der Waals surface area contributed by atoms with Crippen LogP contribution in [0, 0.1) is 11.6 Å². The lowest BCUT2D eigenvalue weighted by molar-refractivity contribution is 0.0790. The molecule has 1 aromatic carbocycles. The number of hydrogen-bond donors (Lipinski definition) is 1. The molecule has 1 saturated heterocycles. The third kappa shape index (κ3) is 2.92. The average molecular weight is 263 g/mol. The predicted molar refractivity (Wildman–Crippen MR) is 62.1 cm³/mol. The van der Waals surface area contributed by atoms with Gasteiger partial charge in [-0.3, -0.25) is 4.79 Å². The highest BCUT2D eigenvalue weighted by Gasteiger charge is 2.24. The molecule has 1 fully saturated rings. The standard InChI is InChI=1S/C11H12F2N2O.ClH/c12-9-2-1-7(5-10(9)13)11(16)15-4-3-8(14)6-15;/h1-2,5,8H,3-4,6,14H2;1H/t8-;/m0./s1. The van der Waals surface area contributed by atoms with E-state index >= 15 is 0 Å². The number of nitrogens with zero attached hydrogens (tertiary/aromatic N) is 1. The van der Waals surface area contributed by atoms with Crippen LogP contribution in [-0.4, -0.2) is 29.9 Å². The first-order chi connectivity index (χ1) is 7.58. The monoisotopic (exact) mass is 262 g/mol. The van der Waals surface area contributed by atoms with Crippen LogP contribution in [0.5, 0.6) is 0 Å². The van der Waals surface area contributed by atoms with Gasteiger partial charge in [-0.25, -0.2) is 8.78 Å². The Hall–Kier alpha value is -1.20. The van der Waals surface area contributed by atoms with Crippen molar-refractivity contribution in [2.75, 3.05) is 13.1 Å². The van der Waals surface area contributed by atoms with E-state index in [1.54, 1.807) is 4.90 Å². The molecule has 3 nitrogen and oxygen atoms in total. The predicted octanol–water partition coefficient (Wildman–Crippen LogP) is 1.56. The molecular weight excluding hydrogens is 250 g/mol. The van der Waals surface area contributed by atoms with Crippen molar-refractivity contribution < 1.29 is 13.6 Å². The molecule has 2 N–H and O–H groups in total. The van der Waals surface area contributed by atoms with Crippen LogP contribution in [0.4, 0.5) is 8.78 Å². The fourth-order valence-electron chi connectivity index (χ4n) is 1.78. The highest BCUT2D eigenvalue weighted by Crippen LogP contribution is 2.14. The molecule has 17 heavy (non-hydrogen) atoms. The number of carbonyl (C=O) groups is 1. The van der Waals surface area contributed by atoms with Crippen LogP contribution in [0.3, 0.4) is 0 Å². The lowest BCUT2D eigenvalue weighted by Gasteiger charge is -2.15. The topological polar surface area (TPSA) is 46.3 Å². The van der Waals surface area contributed by atoms with Crippen LogP contribution in [-0.2, 0) is 0 Å². The van der Waals surface area contributed by atoms with Gasteiger partial charge in [0.25, 0.3) is 5.91 Å². The highest BCUT2D eigenvalue weighted by molar-refractivity contribution is 5.94. The molecule has 0 radical (unpaired) electrons. The summed E-state index contributed by atoms with van der Waals surface area (Å²) in [6.45, 7) is 1.04. The quantitative estimate of drug-likeness (QED) is 0.835. The van der Waals surface area contributed by atoms with E-state index in [0.29, 0.717) is 13.1 Å². The Labute approximate surface area is 104 Å². The van der Waals surface area contributed by atoms with Crippen molar-refractivity contribution in [3.05, 3.63) is 35.4 Å². The molecule has 1 aromatic rings. The van der Waals surface area contributed by atoms with Crippen molar-refractivity contribution in [3.63, 3.8) is 0 Å². The molecule has 1 amide bonds. The lowest BCUT2D eigenvalue weighted by Crippen LogP contribution is -2.31. The molecule has 1 aliphatic heterocycles. The van der Waals surface area contributed by atoms with Gasteiger partial charge < -0.3 is 10.6 Å². The Morgan fingerprint density at radius 1 is 1.35 bits per heavy atom. The Balaban J connectivity index is 0.00000144. The zero-order valence-electron chi connectivity index (χ0n) is 9.03. The molecule has 94 valence electrons. The SMILES string of the molecule is Cl.N[C@H]1CCN(C(=O)c2ccc(F)c(F)c2)C1. The zero-order chi connectivity index (χ0) is 11.7. The summed E-state index contributed by atoms with van der Waals surface area (Å²) in [5.41, 5.74) is 5.83. The van der Waals surface area contributed by atoms with E-state index < -0.39 is 11.6 Å². The maximum atomic E-state index is 12.9. The average Bonchev–Trinajstić information content (AvgIpc) is 2.68. The number of nitrogens with two attached hydrogens (primary N) is 1. The van der Waals surface area contributed by atoms with Gasteiger partial charge in [0, 0.05) is 24.7 Å². The van der Waals surface area contributed by atoms with E-state index in [9.17, 15) is 13.6 Å². The molecule has 0 aliphatic carbocycles. The van der Waals surface area contributed by atoms with Crippen LogP contribution in [0.25, 0.3) is 0 Å². The van der Waals surface area contributed by atoms with E-state index in [1.165, 1.54) is 6.07 Å². The minimum atomic E-state index is -1.01. The van der Waals surface area contributed by atoms with Crippen molar-refractivity contribution in [1.29, 1.82) is 0 Å². The number of carbonyl (C=O) groups excluding carboxylic acids is 1. The van der Waals surface area contributed by atoms with Crippen molar-refractivity contribution in [2.45, 2.75) is 12.5 Å². The number of benzene rings is 1. The molecule has 1 aliphatic rings. The highest BCUT2D eigenvalue weighted by atomic mass is 35.5. The molecule has 0 unspecified atom stereocenters. The summed E-state index contributed by atoms with van der Waals surface area (Å²) in [5, 5.41) is 0. The molecule has 1 heterocycles. The maximum absolute atomic E-state index is 12.9. The normalized spacial score (nSPS) is 19.0. The Bertz CT molecular complexity index is 428. The number of likely N-dealkylation sites (tertiary alicyclic amines) is 1. The number of hydrogen-bond acceptors (Lipinski definition) is 2. The van der Waals surface area contributed by atoms with Gasteiger partial charge in [0.05, 0.1) is 0 Å². The summed E-state index contributed by atoms with van der Waals surface area (Å²) < 4.78 is 25.6. The summed E-state index contributed by atoms with van der Waals surface area (Å²) in [6, 6.07) is 3.14. The fourth-order valence-corrected chi connectivity index (χ4v) is 1.78. The van der Waals surface area contributed by atoms with Crippen LogP contribution >= 0.6 is 12.4 Å². The lowest BCUT2D eigenvalue weighted by atomic mass is 10.2. The second kappa shape index (κ2) is 5.42. The van der Waals surface area contributed by atoms with Gasteiger partial charge in [-0.15, -0.1) is 12.4 Å². The van der Waals surface area contributed by atoms with E-state index in [1.807, 2.05) is 0 Å². The van der Waals surface area contributed by atoms with Gasteiger partial charge in [-0.2, -0.15) is 0 Å².